The van der Waals surface area contributed by atoms with Gasteiger partial charge in [-0.3, -0.25) is 9.59 Å². The zero-order valence-corrected chi connectivity index (χ0v) is 16.3. The predicted octanol–water partition coefficient (Wildman–Crippen LogP) is 2.41. The van der Waals surface area contributed by atoms with Crippen LogP contribution in [0.5, 0.6) is 5.75 Å². The number of rotatable bonds is 9. The van der Waals surface area contributed by atoms with Crippen LogP contribution >= 0.6 is 0 Å². The van der Waals surface area contributed by atoms with Crippen LogP contribution < -0.4 is 10.1 Å². The van der Waals surface area contributed by atoms with Gasteiger partial charge in [-0.25, -0.2) is 9.18 Å². The normalized spacial score (nSPS) is 10.2. The fourth-order valence-electron chi connectivity index (χ4n) is 2.44. The van der Waals surface area contributed by atoms with Crippen LogP contribution in [0.4, 0.5) is 10.1 Å². The van der Waals surface area contributed by atoms with E-state index in [9.17, 15) is 18.8 Å². The Balaban J connectivity index is 1.74. The monoisotopic (exact) mass is 402 g/mol. The van der Waals surface area contributed by atoms with Crippen LogP contribution in [0.2, 0.25) is 0 Å². The molecule has 0 saturated carbocycles. The summed E-state index contributed by atoms with van der Waals surface area (Å²) >= 11 is 0. The standard InChI is InChI=1S/C21H23FN2O5/c1-3-15-8-4-6-10-17(15)23-19(25)12-24(2)20(26)13-29-21(27)14-28-18-11-7-5-9-16(18)22/h4-11H,3,12-14H2,1-2H3,(H,23,25). The smallest absolute Gasteiger partial charge is 0.344 e. The lowest BCUT2D eigenvalue weighted by atomic mass is 10.1. The van der Waals surface area contributed by atoms with Gasteiger partial charge in [-0.2, -0.15) is 0 Å². The largest absolute Gasteiger partial charge is 0.479 e. The molecule has 0 aromatic heterocycles. The molecule has 1 N–H and O–H groups in total. The number of ether oxygens (including phenoxy) is 2. The predicted molar refractivity (Wildman–Crippen MR) is 105 cm³/mol. The Morgan fingerprint density at radius 2 is 1.72 bits per heavy atom. The number of nitrogens with zero attached hydrogens (tertiary/aromatic N) is 1. The molecule has 2 aromatic rings. The van der Waals surface area contributed by atoms with Crippen LogP contribution in [0.15, 0.2) is 48.5 Å². The van der Waals surface area contributed by atoms with Gasteiger partial charge < -0.3 is 19.7 Å². The van der Waals surface area contributed by atoms with Gasteiger partial charge in [0.15, 0.2) is 24.8 Å². The van der Waals surface area contributed by atoms with E-state index in [4.69, 9.17) is 9.47 Å². The molecule has 0 aliphatic rings. The van der Waals surface area contributed by atoms with E-state index in [0.717, 1.165) is 16.9 Å². The van der Waals surface area contributed by atoms with Crippen molar-refractivity contribution in [2.24, 2.45) is 0 Å². The zero-order valence-electron chi connectivity index (χ0n) is 16.3. The summed E-state index contributed by atoms with van der Waals surface area (Å²) in [5.74, 6) is -2.43. The first-order valence-electron chi connectivity index (χ1n) is 9.05. The topological polar surface area (TPSA) is 84.9 Å². The Morgan fingerprint density at radius 1 is 1.03 bits per heavy atom. The number of aryl methyl sites for hydroxylation is 1. The highest BCUT2D eigenvalue weighted by Crippen LogP contribution is 2.16. The first kappa shape index (κ1) is 21.9. The second kappa shape index (κ2) is 10.8. The van der Waals surface area contributed by atoms with E-state index in [2.05, 4.69) is 5.32 Å². The summed E-state index contributed by atoms with van der Waals surface area (Å²) < 4.78 is 23.2. The number of esters is 1. The quantitative estimate of drug-likeness (QED) is 0.651. The number of benzene rings is 2. The van der Waals surface area contributed by atoms with Gasteiger partial charge in [0.1, 0.15) is 0 Å². The summed E-state index contributed by atoms with van der Waals surface area (Å²) in [6.45, 7) is 0.700. The van der Waals surface area contributed by atoms with E-state index < -0.39 is 30.9 Å². The minimum Gasteiger partial charge on any atom is -0.479 e. The Morgan fingerprint density at radius 3 is 2.45 bits per heavy atom. The highest BCUT2D eigenvalue weighted by atomic mass is 19.1. The van der Waals surface area contributed by atoms with E-state index in [1.54, 1.807) is 12.1 Å². The van der Waals surface area contributed by atoms with Crippen LogP contribution in [-0.4, -0.2) is 49.5 Å². The molecular weight excluding hydrogens is 379 g/mol. The number of hydrogen-bond acceptors (Lipinski definition) is 5. The molecule has 7 nitrogen and oxygen atoms in total. The maximum absolute atomic E-state index is 13.4. The van der Waals surface area contributed by atoms with E-state index >= 15 is 0 Å². The fraction of sp³-hybridized carbons (Fsp3) is 0.286. The average Bonchev–Trinajstić information content (AvgIpc) is 2.71. The van der Waals surface area contributed by atoms with Crippen molar-refractivity contribution in [2.45, 2.75) is 13.3 Å². The molecular formula is C21H23FN2O5. The second-order valence-corrected chi connectivity index (χ2v) is 6.19. The van der Waals surface area contributed by atoms with Gasteiger partial charge in [-0.1, -0.05) is 37.3 Å². The molecule has 0 spiro atoms. The van der Waals surface area contributed by atoms with E-state index in [0.29, 0.717) is 5.69 Å². The molecule has 2 amide bonds. The van der Waals surface area contributed by atoms with Crippen molar-refractivity contribution in [3.8, 4) is 5.75 Å². The number of amides is 2. The number of halogens is 1. The number of nitrogens with one attached hydrogen (secondary N) is 1. The Labute approximate surface area is 168 Å². The molecule has 0 radical (unpaired) electrons. The lowest BCUT2D eigenvalue weighted by Gasteiger charge is -2.17. The molecule has 0 fully saturated rings. The van der Waals surface area contributed by atoms with Crippen LogP contribution in [0, 0.1) is 5.82 Å². The molecule has 0 aliphatic heterocycles. The Bertz CT molecular complexity index is 872. The van der Waals surface area contributed by atoms with Gasteiger partial charge in [-0.05, 0) is 30.2 Å². The van der Waals surface area contributed by atoms with Gasteiger partial charge in [0.05, 0.1) is 6.54 Å². The van der Waals surface area contributed by atoms with Gasteiger partial charge >= 0.3 is 5.97 Å². The summed E-state index contributed by atoms with van der Waals surface area (Å²) in [6, 6.07) is 13.0. The van der Waals surface area contributed by atoms with E-state index in [1.165, 1.54) is 25.2 Å². The summed E-state index contributed by atoms with van der Waals surface area (Å²) in [4.78, 5) is 37.0. The molecule has 0 saturated heterocycles. The van der Waals surface area contributed by atoms with Crippen LogP contribution in [0.25, 0.3) is 0 Å². The van der Waals surface area contributed by atoms with Crippen LogP contribution in [-0.2, 0) is 25.5 Å². The summed E-state index contributed by atoms with van der Waals surface area (Å²) in [5.41, 5.74) is 1.68. The molecule has 0 aliphatic carbocycles. The fourth-order valence-corrected chi connectivity index (χ4v) is 2.44. The van der Waals surface area contributed by atoms with Crippen molar-refractivity contribution < 1.29 is 28.2 Å². The number of carbonyl (C=O) groups is 3. The van der Waals surface area contributed by atoms with Crippen molar-refractivity contribution in [2.75, 3.05) is 32.1 Å². The molecule has 0 heterocycles. The molecule has 154 valence electrons. The molecule has 0 bridgehead atoms. The average molecular weight is 402 g/mol. The zero-order chi connectivity index (χ0) is 21.2. The van der Waals surface area contributed by atoms with Gasteiger partial charge in [0.2, 0.25) is 5.91 Å². The molecule has 8 heteroatoms. The summed E-state index contributed by atoms with van der Waals surface area (Å²) in [6.07, 6.45) is 0.760. The molecule has 0 atom stereocenters. The van der Waals surface area contributed by atoms with Gasteiger partial charge in [0, 0.05) is 12.7 Å². The van der Waals surface area contributed by atoms with Crippen molar-refractivity contribution in [3.63, 3.8) is 0 Å². The Kier molecular flexibility index (Phi) is 8.14. The maximum Gasteiger partial charge on any atom is 0.344 e. The van der Waals surface area contributed by atoms with Crippen molar-refractivity contribution >= 4 is 23.5 Å². The summed E-state index contributed by atoms with van der Waals surface area (Å²) in [7, 11) is 1.43. The third-order valence-corrected chi connectivity index (χ3v) is 4.02. The first-order chi connectivity index (χ1) is 13.9. The van der Waals surface area contributed by atoms with Gasteiger partial charge in [-0.15, -0.1) is 0 Å². The third-order valence-electron chi connectivity index (χ3n) is 4.02. The second-order valence-electron chi connectivity index (χ2n) is 6.19. The highest BCUT2D eigenvalue weighted by molar-refractivity contribution is 5.95. The SMILES string of the molecule is CCc1ccccc1NC(=O)CN(C)C(=O)COC(=O)COc1ccccc1F. The van der Waals surface area contributed by atoms with Crippen LogP contribution in [0.1, 0.15) is 12.5 Å². The first-order valence-corrected chi connectivity index (χ1v) is 9.05. The van der Waals surface area contributed by atoms with Crippen molar-refractivity contribution in [1.82, 2.24) is 4.90 Å². The number of carbonyl (C=O) groups excluding carboxylic acids is 3. The van der Waals surface area contributed by atoms with Crippen LogP contribution in [0.3, 0.4) is 0 Å². The maximum atomic E-state index is 13.4. The third kappa shape index (κ3) is 6.91. The molecule has 0 unspecified atom stereocenters. The lowest BCUT2D eigenvalue weighted by molar-refractivity contribution is -0.153. The number of hydrogen-bond donors (Lipinski definition) is 1. The van der Waals surface area contributed by atoms with Crippen molar-refractivity contribution in [3.05, 3.63) is 59.9 Å². The molecule has 2 rings (SSSR count). The number of likely N-dealkylation sites (N-methyl/N-ethyl adjacent to an activating group) is 1. The van der Waals surface area contributed by atoms with E-state index in [1.807, 2.05) is 25.1 Å². The minimum absolute atomic E-state index is 0.0862. The minimum atomic E-state index is -0.823. The summed E-state index contributed by atoms with van der Waals surface area (Å²) in [5, 5.41) is 2.76. The van der Waals surface area contributed by atoms with Gasteiger partial charge in [0.25, 0.3) is 5.91 Å². The van der Waals surface area contributed by atoms with E-state index in [-0.39, 0.29) is 18.2 Å². The molecule has 2 aromatic carbocycles. The Hall–Kier alpha value is -3.42. The molecule has 29 heavy (non-hydrogen) atoms. The highest BCUT2D eigenvalue weighted by Gasteiger charge is 2.16. The lowest BCUT2D eigenvalue weighted by Crippen LogP contribution is -2.37. The van der Waals surface area contributed by atoms with Crippen molar-refractivity contribution in [1.29, 1.82) is 0 Å². The number of anilines is 1. The number of para-hydroxylation sites is 2.